The molecule has 0 bridgehead atoms. The number of ether oxygens (including phenoxy) is 6. The van der Waals surface area contributed by atoms with Gasteiger partial charge < -0.3 is 63.5 Å². The molecule has 3 unspecified atom stereocenters. The van der Waals surface area contributed by atoms with Crippen molar-refractivity contribution in [1.29, 1.82) is 0 Å². The van der Waals surface area contributed by atoms with Gasteiger partial charge in [-0.2, -0.15) is 12.8 Å². The Morgan fingerprint density at radius 1 is 0.283 bits per heavy atom. The number of hydrogen-bond donors (Lipinski definition) is 3. The Labute approximate surface area is 905 Å². The second-order valence-corrected chi connectivity index (χ2v) is 28.5. The third kappa shape index (κ3) is 256. The van der Waals surface area contributed by atoms with Crippen molar-refractivity contribution in [3.63, 3.8) is 0 Å². The summed E-state index contributed by atoms with van der Waals surface area (Å²) in [6, 6.07) is 0. The molecule has 33 nitrogen and oxygen atoms in total. The smallest absolute Gasteiger partial charge is 0.469 e. The van der Waals surface area contributed by atoms with Crippen LogP contribution < -0.4 is 177 Å². The quantitative estimate of drug-likeness (QED) is 0.0182. The predicted molar refractivity (Wildman–Crippen MR) is 462 cm³/mol. The average Bonchev–Trinajstić information content (AvgIpc) is 1.07. The fraction of sp³-hybridized carbons (Fsp3) is 0.780. The van der Waals surface area contributed by atoms with Crippen LogP contribution in [0.15, 0.2) is 36.5 Å². The normalized spacial score (nSPS) is 9.97. The van der Waals surface area contributed by atoms with Crippen LogP contribution in [0.5, 0.6) is 0 Å². The van der Waals surface area contributed by atoms with Gasteiger partial charge in [0, 0.05) is 38.5 Å². The van der Waals surface area contributed by atoms with Gasteiger partial charge in [-0.15, -0.1) is 108 Å². The molecule has 0 aromatic heterocycles. The van der Waals surface area contributed by atoms with E-state index in [4.69, 9.17) is 80.9 Å². The molecule has 0 aromatic rings. The summed E-state index contributed by atoms with van der Waals surface area (Å²) in [6.07, 6.45) is 73.5. The largest absolute Gasteiger partial charge is 1.00 e. The van der Waals surface area contributed by atoms with Crippen molar-refractivity contribution in [2.24, 2.45) is 0 Å². The molecule has 0 saturated heterocycles. The maximum atomic E-state index is 10.9. The van der Waals surface area contributed by atoms with Gasteiger partial charge in [-0.25, -0.2) is 56.2 Å². The van der Waals surface area contributed by atoms with E-state index in [0.717, 1.165) is 193 Å². The summed E-state index contributed by atoms with van der Waals surface area (Å²) >= 11 is 0. The monoisotopic (exact) mass is 1990 g/mol. The van der Waals surface area contributed by atoms with Gasteiger partial charge in [0.1, 0.15) is 0 Å². The van der Waals surface area contributed by atoms with Crippen LogP contribution in [0.25, 0.3) is 0 Å². The van der Waals surface area contributed by atoms with E-state index in [9.17, 15) is 39.0 Å². The van der Waals surface area contributed by atoms with Crippen LogP contribution in [0.4, 0.5) is 0 Å². The van der Waals surface area contributed by atoms with Gasteiger partial charge in [0.05, 0.1) is 42.7 Å². The molecule has 0 saturated carbocycles. The first-order valence-electron chi connectivity index (χ1n) is 41.4. The predicted octanol–water partition coefficient (Wildman–Crippen LogP) is -2.83. The molecule has 0 aliphatic carbocycles. The molecule has 0 aliphatic rings. The number of carbonyl (C=O) groups is 6. The van der Waals surface area contributed by atoms with Gasteiger partial charge in [-0.3, -0.25) is 28.8 Å². The summed E-state index contributed by atoms with van der Waals surface area (Å²) in [5.74, 6) is -0.632. The van der Waals surface area contributed by atoms with Crippen molar-refractivity contribution in [3.05, 3.63) is 76.0 Å². The maximum Gasteiger partial charge on any atom is 1.00 e. The molecule has 0 aromatic carbocycles. The molecule has 3 atom stereocenters. The summed E-state index contributed by atoms with van der Waals surface area (Å²) in [7, 11) is -10.1. The number of methoxy groups -OCH3 is 6. The Kier molecular flexibility index (Phi) is 208. The van der Waals surface area contributed by atoms with Gasteiger partial charge >= 0.3 is 277 Å². The number of allylic oxidation sites excluding steroid dienone is 6. The van der Waals surface area contributed by atoms with Crippen LogP contribution in [0.3, 0.4) is 0 Å². The molecule has 0 heterocycles. The van der Waals surface area contributed by atoms with Gasteiger partial charge in [0.25, 0.3) is 0 Å². The fourth-order valence-corrected chi connectivity index (χ4v) is 9.57. The fourth-order valence-electron chi connectivity index (χ4n) is 9.57. The zero-order valence-corrected chi connectivity index (χ0v) is 96.9. The molecule has 0 amide bonds. The van der Waals surface area contributed by atoms with Crippen molar-refractivity contribution in [2.75, 3.05) is 42.7 Å². The molecule has 0 spiro atoms. The van der Waals surface area contributed by atoms with E-state index < -0.39 is 69.8 Å². The van der Waals surface area contributed by atoms with E-state index >= 15 is 0 Å². The number of esters is 6. The van der Waals surface area contributed by atoms with Gasteiger partial charge in [-0.05, 0) is 38.5 Å². The van der Waals surface area contributed by atoms with E-state index in [-0.39, 0.29) is 225 Å². The Balaban J connectivity index is -0.0000000662. The zero-order valence-electron chi connectivity index (χ0n) is 80.0. The van der Waals surface area contributed by atoms with Gasteiger partial charge in [-0.1, -0.05) is 251 Å². The number of rotatable bonds is 61. The first-order chi connectivity index (χ1) is 57.4. The van der Waals surface area contributed by atoms with Crippen LogP contribution >= 0.6 is 0 Å². The number of hydrogen-bond acceptors (Lipinski definition) is 33. The van der Waals surface area contributed by atoms with Crippen LogP contribution in [0, 0.1) is 39.5 Å². The first kappa shape index (κ1) is 169. The molecule has 3 N–H and O–H groups in total. The summed E-state index contributed by atoms with van der Waals surface area (Å²) in [4.78, 5) is 64.8. The molecule has 45 heteroatoms. The van der Waals surface area contributed by atoms with E-state index in [2.05, 4.69) is 113 Å². The Bertz CT molecular complexity index is 2870. The van der Waals surface area contributed by atoms with Crippen LogP contribution in [-0.4, -0.2) is 188 Å². The second-order valence-electron chi connectivity index (χ2n) is 26.0. The molecule has 0 fully saturated rings. The Morgan fingerprint density at radius 2 is 0.496 bits per heavy atom. The van der Waals surface area contributed by atoms with Crippen LogP contribution in [0.2, 0.25) is 0 Å². The summed E-state index contributed by atoms with van der Waals surface area (Å²) < 4.78 is 179. The van der Waals surface area contributed by atoms with Crippen molar-refractivity contribution >= 4 is 99.5 Å². The van der Waals surface area contributed by atoms with E-state index in [1.807, 2.05) is 19.4 Å². The number of aliphatic hydroxyl groups is 3. The summed E-state index contributed by atoms with van der Waals surface area (Å²) in [5.41, 5.74) is 0. The number of unbranched alkanes of at least 4 members (excludes halogenated alkanes) is 34. The Hall–Kier alpha value is -0.750. The minimum atomic E-state index is -3.11. The summed E-state index contributed by atoms with van der Waals surface area (Å²) in [5, 5.41) is 28.1. The maximum absolute atomic E-state index is 10.9. The first-order valence-corrected chi connectivity index (χ1v) is 47.4. The molecule has 0 rings (SSSR count). The second kappa shape index (κ2) is 156. The molecular formula is C82H152Na6O33S6. The SMILES string of the molecule is CCCCCC[CH-]/C=C/CCCCCCC(=O)OC.CCCCCC[CH-]C(O)CCCCCCCC(=O)OC.CC[CH-]/C=C/CCCCCCC(=O)OC.CC[CH-]C(O)CCCCCCCC(=O)OC.O=S(=O)=O.O=S(=O)=O.O=S(=O)=O.O=S(=O)=O.O=S(=O)=O.O=S(=O)=O.[CH2-]/C=C/CCCCCCC(=O)OC.[CH2-]C(O)CCCCCCCC(=O)OC.[Na+].[Na+].[Na+].[Na+].[Na+].[Na+]. The summed E-state index contributed by atoms with van der Waals surface area (Å²) in [6.45, 7) is 15.7. The van der Waals surface area contributed by atoms with Crippen molar-refractivity contribution in [1.82, 2.24) is 0 Å². The standard InChI is InChI=1S/C17H33O3.C17H31O2.C13H25O3.C13H23O2.C11H21O3.C11H19O2.6Na.6O3S/c1-3-4-5-7-10-13-16(18)14-11-8-6-9-12-15-17(19)20-2;1-3-4-5-6-7-8-9-10-11-12-13-14-15-16-17(18)19-2;1-3-9-12(14)10-7-5-4-6-8-11-13(15)16-2;1-3-4-5-6-7-8-9-10-11-12-13(14)15-2;1-10(12)8-6-4-3-5-7-9-11(13)14-2;1-3-4-5-6-7-8-9-10-11(12)13-2;;;;;;;6*1-4(2)3/h13,16,18H,3-12,14-15H2,1-2H3;8-10H,3-7,11-16H2,1-2H3;9,12,14H,3-8,10-11H2,1-2H3;4-6H,3,7-12H2,1-2H3;10,12H,1,3-9H2,2H3;3-4H,1,5-10H2,2H3;;;;;;;;;;;;/q6*-1;6*+1;;;;;;/b;10-9+;;6-5+;;4-3+;;;;;;;;;;;;. The Morgan fingerprint density at radius 3 is 0.732 bits per heavy atom. The minimum Gasteiger partial charge on any atom is -0.469 e. The van der Waals surface area contributed by atoms with Crippen molar-refractivity contribution < 1.29 is 326 Å². The molecule has 0 aliphatic heterocycles. The van der Waals surface area contributed by atoms with E-state index in [1.165, 1.54) is 139 Å². The molecule has 720 valence electrons. The van der Waals surface area contributed by atoms with E-state index in [0.29, 0.717) is 38.5 Å². The third-order valence-corrected chi connectivity index (χ3v) is 15.7. The molecule has 127 heavy (non-hydrogen) atoms. The molecule has 0 radical (unpaired) electrons. The zero-order chi connectivity index (χ0) is 95.0. The average molecular weight is 2000 g/mol. The third-order valence-electron chi connectivity index (χ3n) is 15.7. The van der Waals surface area contributed by atoms with E-state index in [1.54, 1.807) is 0 Å². The number of aliphatic hydroxyl groups excluding tert-OH is 3. The minimum absolute atomic E-state index is 0. The van der Waals surface area contributed by atoms with Gasteiger partial charge in [0.2, 0.25) is 0 Å². The van der Waals surface area contributed by atoms with Crippen molar-refractivity contribution in [2.45, 2.75) is 373 Å². The van der Waals surface area contributed by atoms with Crippen LogP contribution in [-0.2, 0) is 121 Å². The van der Waals surface area contributed by atoms with Crippen LogP contribution in [0.1, 0.15) is 355 Å². The topological polar surface area (TPSA) is 526 Å². The van der Waals surface area contributed by atoms with Crippen molar-refractivity contribution in [3.8, 4) is 0 Å². The van der Waals surface area contributed by atoms with Gasteiger partial charge in [0.15, 0.2) is 0 Å². The molecular weight excluding hydrogens is 1840 g/mol. The number of carbonyl (C=O) groups excluding carboxylic acids is 6.